The molecule has 1 fully saturated rings. The van der Waals surface area contributed by atoms with E-state index in [1.54, 1.807) is 30.3 Å². The second-order valence-corrected chi connectivity index (χ2v) is 6.65. The Morgan fingerprint density at radius 1 is 1.17 bits per heavy atom. The van der Waals surface area contributed by atoms with E-state index in [-0.39, 0.29) is 28.5 Å². The van der Waals surface area contributed by atoms with Gasteiger partial charge in [0.05, 0.1) is 5.70 Å². The molecule has 1 unspecified atom stereocenters. The highest BCUT2D eigenvalue weighted by molar-refractivity contribution is 5.96. The fourth-order valence-corrected chi connectivity index (χ4v) is 3.34. The molecule has 1 aromatic heterocycles. The number of para-hydroxylation sites is 1. The number of nitrogens with two attached hydrogens (primary N) is 1. The smallest absolute Gasteiger partial charge is 0.267 e. The summed E-state index contributed by atoms with van der Waals surface area (Å²) in [4.78, 5) is 9.18. The third-order valence-electron chi connectivity index (χ3n) is 4.76. The molecule has 1 atom stereocenters. The molecule has 3 aromatic rings. The van der Waals surface area contributed by atoms with E-state index in [4.69, 9.17) is 15.5 Å². The lowest BCUT2D eigenvalue weighted by Gasteiger charge is -2.14. The van der Waals surface area contributed by atoms with Gasteiger partial charge in [0, 0.05) is 12.2 Å². The van der Waals surface area contributed by atoms with Crippen molar-refractivity contribution in [2.24, 2.45) is 10.9 Å². The average Bonchev–Trinajstić information content (AvgIpc) is 3.42. The number of aliphatic imine (C=N–C) groups is 1. The molecule has 154 valence electrons. The van der Waals surface area contributed by atoms with Crippen LogP contribution in [-0.4, -0.2) is 27.5 Å². The minimum Gasteiger partial charge on any atom is -0.389 e. The van der Waals surface area contributed by atoms with Gasteiger partial charge in [0.25, 0.3) is 5.90 Å². The first-order chi connectivity index (χ1) is 14.6. The van der Waals surface area contributed by atoms with E-state index in [0.29, 0.717) is 18.7 Å². The highest BCUT2D eigenvalue weighted by Crippen LogP contribution is 2.33. The summed E-state index contributed by atoms with van der Waals surface area (Å²) in [5, 5.41) is 8.20. The Kier molecular flexibility index (Phi) is 5.64. The molecular formula is C21H19F2N5O2. The van der Waals surface area contributed by atoms with Crippen LogP contribution in [0.3, 0.4) is 0 Å². The number of hydrogen-bond donors (Lipinski definition) is 1. The van der Waals surface area contributed by atoms with Gasteiger partial charge in [0.2, 0.25) is 0 Å². The highest BCUT2D eigenvalue weighted by atomic mass is 19.1. The average molecular weight is 411 g/mol. The molecule has 0 saturated carbocycles. The maximum atomic E-state index is 14.4. The van der Waals surface area contributed by atoms with Gasteiger partial charge in [0.1, 0.15) is 29.1 Å². The van der Waals surface area contributed by atoms with Crippen molar-refractivity contribution in [2.45, 2.75) is 18.9 Å². The third-order valence-corrected chi connectivity index (χ3v) is 4.76. The van der Waals surface area contributed by atoms with Gasteiger partial charge in [-0.15, -0.1) is 5.10 Å². The second kappa shape index (κ2) is 8.52. The summed E-state index contributed by atoms with van der Waals surface area (Å²) < 4.78 is 35.7. The summed E-state index contributed by atoms with van der Waals surface area (Å²) in [6.45, 7) is 4.34. The molecule has 2 N–H and O–H groups in total. The first-order valence-corrected chi connectivity index (χ1v) is 9.32. The van der Waals surface area contributed by atoms with Gasteiger partial charge in [-0.25, -0.2) is 18.5 Å². The summed E-state index contributed by atoms with van der Waals surface area (Å²) in [6.07, 6.45) is 1.10. The predicted octanol–water partition coefficient (Wildman–Crippen LogP) is 3.70. The number of ether oxygens (including phenoxy) is 1. The summed E-state index contributed by atoms with van der Waals surface area (Å²) in [5.41, 5.74) is 1.10. The van der Waals surface area contributed by atoms with Crippen LogP contribution in [0.1, 0.15) is 35.9 Å². The van der Waals surface area contributed by atoms with Crippen LogP contribution < -0.4 is 5.90 Å². The van der Waals surface area contributed by atoms with Gasteiger partial charge in [-0.3, -0.25) is 0 Å². The molecule has 0 bridgehead atoms. The van der Waals surface area contributed by atoms with Crippen molar-refractivity contribution in [1.82, 2.24) is 15.0 Å². The normalized spacial score (nSPS) is 16.6. The minimum atomic E-state index is -0.489. The van der Waals surface area contributed by atoms with Crippen LogP contribution in [0, 0.1) is 11.6 Å². The molecule has 1 saturated heterocycles. The van der Waals surface area contributed by atoms with Crippen molar-refractivity contribution in [3.05, 3.63) is 83.7 Å². The van der Waals surface area contributed by atoms with Crippen LogP contribution in [0.15, 0.2) is 60.1 Å². The number of benzene rings is 2. The lowest BCUT2D eigenvalue weighted by Crippen LogP contribution is -2.18. The molecule has 0 spiro atoms. The molecule has 2 aromatic carbocycles. The molecule has 0 radical (unpaired) electrons. The largest absolute Gasteiger partial charge is 0.389 e. The summed E-state index contributed by atoms with van der Waals surface area (Å²) in [7, 11) is 0. The molecule has 0 amide bonds. The summed E-state index contributed by atoms with van der Waals surface area (Å²) in [5.74, 6) is 4.36. The highest BCUT2D eigenvalue weighted by Gasteiger charge is 2.31. The van der Waals surface area contributed by atoms with Gasteiger partial charge in [-0.05, 0) is 37.1 Å². The number of halogens is 2. The lowest BCUT2D eigenvalue weighted by molar-refractivity contribution is 0.106. The Balaban J connectivity index is 1.82. The van der Waals surface area contributed by atoms with Crippen LogP contribution in [0.2, 0.25) is 0 Å². The Labute approximate surface area is 171 Å². The zero-order valence-electron chi connectivity index (χ0n) is 16.0. The van der Waals surface area contributed by atoms with E-state index in [2.05, 4.69) is 21.9 Å². The number of aromatic nitrogens is 3. The quantitative estimate of drug-likeness (QED) is 0.393. The fraction of sp³-hybridized carbons (Fsp3) is 0.190. The molecule has 9 heteroatoms. The Hall–Kier alpha value is -3.43. The van der Waals surface area contributed by atoms with Crippen molar-refractivity contribution in [1.29, 1.82) is 0 Å². The maximum Gasteiger partial charge on any atom is 0.267 e. The number of nitrogens with zero attached hydrogens (tertiary/aromatic N) is 4. The Morgan fingerprint density at radius 3 is 2.57 bits per heavy atom. The third kappa shape index (κ3) is 3.72. The maximum absolute atomic E-state index is 14.4. The van der Waals surface area contributed by atoms with Gasteiger partial charge in [-0.2, -0.15) is 5.90 Å². The number of hydrogen-bond acceptors (Lipinski definition) is 6. The van der Waals surface area contributed by atoms with Crippen LogP contribution in [0.4, 0.5) is 8.78 Å². The Morgan fingerprint density at radius 2 is 1.90 bits per heavy atom. The van der Waals surface area contributed by atoms with Crippen LogP contribution in [-0.2, 0) is 9.57 Å². The molecular weight excluding hydrogens is 392 g/mol. The number of rotatable bonds is 5. The van der Waals surface area contributed by atoms with Crippen LogP contribution >= 0.6 is 0 Å². The zero-order chi connectivity index (χ0) is 21.1. The predicted molar refractivity (Wildman–Crippen MR) is 106 cm³/mol. The minimum absolute atomic E-state index is 0.0901. The van der Waals surface area contributed by atoms with E-state index in [0.717, 1.165) is 6.42 Å². The van der Waals surface area contributed by atoms with Gasteiger partial charge < -0.3 is 9.57 Å². The first kappa shape index (κ1) is 19.9. The second-order valence-electron chi connectivity index (χ2n) is 6.65. The van der Waals surface area contributed by atoms with Crippen molar-refractivity contribution < 1.29 is 18.4 Å². The topological polar surface area (TPSA) is 87.5 Å². The van der Waals surface area contributed by atoms with Gasteiger partial charge in [-0.1, -0.05) is 36.1 Å². The van der Waals surface area contributed by atoms with Crippen molar-refractivity contribution in [3.63, 3.8) is 0 Å². The van der Waals surface area contributed by atoms with E-state index in [9.17, 15) is 8.78 Å². The van der Waals surface area contributed by atoms with Crippen molar-refractivity contribution in [2.75, 3.05) is 6.61 Å². The summed E-state index contributed by atoms with van der Waals surface area (Å²) in [6, 6.07) is 12.2. The Bertz CT molecular complexity index is 1110. The zero-order valence-corrected chi connectivity index (χ0v) is 16.0. The van der Waals surface area contributed by atoms with E-state index >= 15 is 0 Å². The van der Waals surface area contributed by atoms with Crippen molar-refractivity contribution in [3.8, 4) is 5.69 Å². The molecule has 7 nitrogen and oxygen atoms in total. The molecule has 1 aliphatic heterocycles. The first-order valence-electron chi connectivity index (χ1n) is 9.32. The van der Waals surface area contributed by atoms with E-state index in [1.165, 1.54) is 22.9 Å². The van der Waals surface area contributed by atoms with Crippen LogP contribution in [0.25, 0.3) is 11.4 Å². The molecule has 1 aliphatic rings. The molecule has 4 rings (SSSR count). The summed E-state index contributed by atoms with van der Waals surface area (Å²) >= 11 is 0. The van der Waals surface area contributed by atoms with Gasteiger partial charge in [0.15, 0.2) is 5.69 Å². The van der Waals surface area contributed by atoms with Gasteiger partial charge >= 0.3 is 0 Å². The molecule has 0 aliphatic carbocycles. The van der Waals surface area contributed by atoms with E-state index in [1.807, 2.05) is 0 Å². The SMILES string of the molecule is C=C(/N=C(\ON)c1nnn(-c2ccccc2F)c1C1CCCO1)c1ccccc1F. The monoisotopic (exact) mass is 411 g/mol. The standard InChI is InChI=1S/C21H19F2N5O2/c1-13(14-7-2-3-8-15(14)22)25-21(30-24)19-20(18-11-6-12-29-18)28(27-26-19)17-10-5-4-9-16(17)23/h2-5,7-10,18H,1,6,11-12,24H2/b25-21-. The lowest BCUT2D eigenvalue weighted by atomic mass is 10.1. The van der Waals surface area contributed by atoms with Crippen molar-refractivity contribution >= 4 is 11.6 Å². The molecule has 2 heterocycles. The van der Waals surface area contributed by atoms with E-state index < -0.39 is 17.7 Å². The molecule has 30 heavy (non-hydrogen) atoms. The van der Waals surface area contributed by atoms with Crippen LogP contribution in [0.5, 0.6) is 0 Å². The fourth-order valence-electron chi connectivity index (χ4n) is 3.34.